The molecule has 1 aromatic carbocycles. The molecule has 0 atom stereocenters. The maximum Gasteiger partial charge on any atom is 0.155 e. The van der Waals surface area contributed by atoms with Gasteiger partial charge in [0, 0.05) is 4.90 Å². The molecule has 1 aliphatic rings. The standard InChI is InChI=1S/C8H8NOS/c10-5-9-6-11-8-4-2-1-3-7(8)9/h1-4H,5-6H2. The summed E-state index contributed by atoms with van der Waals surface area (Å²) in [5.74, 6) is 0.808. The van der Waals surface area contributed by atoms with Crippen molar-refractivity contribution in [1.29, 1.82) is 0 Å². The Bertz CT molecular complexity index is 264. The molecule has 0 N–H and O–H groups in total. The molecule has 0 amide bonds. The van der Waals surface area contributed by atoms with Crippen LogP contribution < -0.4 is 4.90 Å². The molecule has 57 valence electrons. The molecule has 2 rings (SSSR count). The van der Waals surface area contributed by atoms with Crippen LogP contribution >= 0.6 is 11.8 Å². The number of para-hydroxylation sites is 1. The zero-order valence-electron chi connectivity index (χ0n) is 5.99. The second-order valence-electron chi connectivity index (χ2n) is 2.41. The van der Waals surface area contributed by atoms with Crippen molar-refractivity contribution in [2.24, 2.45) is 0 Å². The van der Waals surface area contributed by atoms with E-state index in [0.717, 1.165) is 11.6 Å². The van der Waals surface area contributed by atoms with E-state index in [4.69, 9.17) is 0 Å². The zero-order chi connectivity index (χ0) is 7.68. The second kappa shape index (κ2) is 2.75. The summed E-state index contributed by atoms with van der Waals surface area (Å²) in [6, 6.07) is 8.01. The van der Waals surface area contributed by atoms with E-state index in [0.29, 0.717) is 0 Å². The lowest BCUT2D eigenvalue weighted by molar-refractivity contribution is 0.196. The van der Waals surface area contributed by atoms with Gasteiger partial charge in [-0.3, -0.25) is 0 Å². The Balaban J connectivity index is 2.39. The average molecular weight is 166 g/mol. The normalized spacial score (nSPS) is 15.2. The summed E-state index contributed by atoms with van der Waals surface area (Å²) in [5, 5.41) is 10.6. The lowest BCUT2D eigenvalue weighted by Crippen LogP contribution is -2.18. The third-order valence-corrected chi connectivity index (χ3v) is 2.83. The first-order valence-corrected chi connectivity index (χ1v) is 4.45. The molecular formula is C8H8NOS. The Morgan fingerprint density at radius 3 is 3.09 bits per heavy atom. The maximum atomic E-state index is 10.6. The van der Waals surface area contributed by atoms with Gasteiger partial charge < -0.3 is 4.90 Å². The van der Waals surface area contributed by atoms with E-state index in [2.05, 4.69) is 6.07 Å². The lowest BCUT2D eigenvalue weighted by atomic mass is 10.3. The van der Waals surface area contributed by atoms with E-state index in [1.807, 2.05) is 23.1 Å². The van der Waals surface area contributed by atoms with Crippen LogP contribution in [-0.2, 0) is 5.11 Å². The van der Waals surface area contributed by atoms with Crippen LogP contribution in [0.3, 0.4) is 0 Å². The van der Waals surface area contributed by atoms with Crippen molar-refractivity contribution in [3.05, 3.63) is 24.3 Å². The van der Waals surface area contributed by atoms with Crippen molar-refractivity contribution < 1.29 is 5.11 Å². The second-order valence-corrected chi connectivity index (χ2v) is 3.40. The van der Waals surface area contributed by atoms with Crippen LogP contribution in [-0.4, -0.2) is 12.6 Å². The van der Waals surface area contributed by atoms with Crippen LogP contribution in [0.5, 0.6) is 0 Å². The number of hydrogen-bond donors (Lipinski definition) is 0. The van der Waals surface area contributed by atoms with Crippen molar-refractivity contribution in [3.8, 4) is 0 Å². The van der Waals surface area contributed by atoms with Crippen LogP contribution in [0.25, 0.3) is 0 Å². The number of thioether (sulfide) groups is 1. The molecule has 0 aromatic heterocycles. The molecule has 0 saturated carbocycles. The minimum absolute atomic E-state index is 0.135. The van der Waals surface area contributed by atoms with Gasteiger partial charge in [-0.15, -0.1) is 11.8 Å². The van der Waals surface area contributed by atoms with Crippen LogP contribution in [0.1, 0.15) is 0 Å². The molecule has 1 aromatic rings. The zero-order valence-corrected chi connectivity index (χ0v) is 6.80. The highest BCUT2D eigenvalue weighted by Gasteiger charge is 2.17. The highest BCUT2D eigenvalue weighted by molar-refractivity contribution is 7.99. The van der Waals surface area contributed by atoms with Gasteiger partial charge in [-0.25, -0.2) is 5.11 Å². The van der Waals surface area contributed by atoms with Crippen LogP contribution in [0, 0.1) is 0 Å². The smallest absolute Gasteiger partial charge is 0.155 e. The largest absolute Gasteiger partial charge is 0.335 e. The Morgan fingerprint density at radius 1 is 1.45 bits per heavy atom. The molecule has 1 radical (unpaired) electrons. The maximum absolute atomic E-state index is 10.6. The van der Waals surface area contributed by atoms with E-state index in [9.17, 15) is 5.11 Å². The number of fused-ring (bicyclic) bond motifs is 1. The topological polar surface area (TPSA) is 23.1 Å². The molecule has 11 heavy (non-hydrogen) atoms. The van der Waals surface area contributed by atoms with E-state index < -0.39 is 0 Å². The van der Waals surface area contributed by atoms with E-state index in [1.54, 1.807) is 11.8 Å². The van der Waals surface area contributed by atoms with E-state index >= 15 is 0 Å². The van der Waals surface area contributed by atoms with Crippen LogP contribution in [0.4, 0.5) is 5.69 Å². The monoisotopic (exact) mass is 166 g/mol. The van der Waals surface area contributed by atoms with Gasteiger partial charge in [-0.05, 0) is 12.1 Å². The summed E-state index contributed by atoms with van der Waals surface area (Å²) in [6.45, 7) is -0.135. The van der Waals surface area contributed by atoms with Crippen molar-refractivity contribution in [3.63, 3.8) is 0 Å². The van der Waals surface area contributed by atoms with Crippen molar-refractivity contribution in [2.75, 3.05) is 17.5 Å². The number of nitrogens with zero attached hydrogens (tertiary/aromatic N) is 1. The fourth-order valence-corrected chi connectivity index (χ4v) is 2.19. The van der Waals surface area contributed by atoms with Gasteiger partial charge in [-0.2, -0.15) is 0 Å². The quantitative estimate of drug-likeness (QED) is 0.636. The lowest BCUT2D eigenvalue weighted by Gasteiger charge is -2.11. The summed E-state index contributed by atoms with van der Waals surface area (Å²) in [4.78, 5) is 3.06. The SMILES string of the molecule is [O]CN1CSc2ccccc21. The molecule has 1 heterocycles. The van der Waals surface area contributed by atoms with Crippen molar-refractivity contribution in [2.45, 2.75) is 4.90 Å². The van der Waals surface area contributed by atoms with Gasteiger partial charge in [-0.1, -0.05) is 12.1 Å². The molecule has 1 aliphatic heterocycles. The van der Waals surface area contributed by atoms with Gasteiger partial charge in [0.15, 0.2) is 6.73 Å². The van der Waals surface area contributed by atoms with Crippen LogP contribution in [0.2, 0.25) is 0 Å². The summed E-state index contributed by atoms with van der Waals surface area (Å²) in [5.41, 5.74) is 1.09. The molecule has 0 unspecified atom stereocenters. The van der Waals surface area contributed by atoms with Gasteiger partial charge in [0.05, 0.1) is 11.6 Å². The molecule has 0 spiro atoms. The molecule has 0 aliphatic carbocycles. The Labute approximate surface area is 69.8 Å². The molecule has 0 saturated heterocycles. The first-order valence-electron chi connectivity index (χ1n) is 3.46. The highest BCUT2D eigenvalue weighted by Crippen LogP contribution is 2.37. The Morgan fingerprint density at radius 2 is 2.27 bits per heavy atom. The predicted molar refractivity (Wildman–Crippen MR) is 45.2 cm³/mol. The molecular weight excluding hydrogens is 158 g/mol. The molecule has 2 nitrogen and oxygen atoms in total. The fraction of sp³-hybridized carbons (Fsp3) is 0.250. The third-order valence-electron chi connectivity index (χ3n) is 1.74. The summed E-state index contributed by atoms with van der Waals surface area (Å²) < 4.78 is 0. The Kier molecular flexibility index (Phi) is 1.75. The number of benzene rings is 1. The minimum Gasteiger partial charge on any atom is -0.335 e. The summed E-state index contributed by atoms with van der Waals surface area (Å²) in [6.07, 6.45) is 0. The van der Waals surface area contributed by atoms with Crippen molar-refractivity contribution in [1.82, 2.24) is 0 Å². The summed E-state index contributed by atoms with van der Waals surface area (Å²) >= 11 is 1.73. The average Bonchev–Trinajstić information content (AvgIpc) is 2.47. The van der Waals surface area contributed by atoms with Gasteiger partial charge >= 0.3 is 0 Å². The van der Waals surface area contributed by atoms with E-state index in [1.165, 1.54) is 4.90 Å². The summed E-state index contributed by atoms with van der Waals surface area (Å²) in [7, 11) is 0. The number of anilines is 1. The highest BCUT2D eigenvalue weighted by atomic mass is 32.2. The molecule has 3 heteroatoms. The van der Waals surface area contributed by atoms with E-state index in [-0.39, 0.29) is 6.73 Å². The molecule has 0 fully saturated rings. The van der Waals surface area contributed by atoms with Gasteiger partial charge in [0.1, 0.15) is 0 Å². The van der Waals surface area contributed by atoms with Crippen LogP contribution in [0.15, 0.2) is 29.2 Å². The number of hydrogen-bond acceptors (Lipinski definition) is 2. The first kappa shape index (κ1) is 7.00. The fourth-order valence-electron chi connectivity index (χ4n) is 1.16. The predicted octanol–water partition coefficient (Wildman–Crippen LogP) is 1.94. The third kappa shape index (κ3) is 1.10. The first-order chi connectivity index (χ1) is 5.42. The van der Waals surface area contributed by atoms with Crippen molar-refractivity contribution >= 4 is 17.4 Å². The molecule has 0 bridgehead atoms. The number of rotatable bonds is 1. The Hall–Kier alpha value is -0.670. The van der Waals surface area contributed by atoms with Gasteiger partial charge in [0.2, 0.25) is 0 Å². The van der Waals surface area contributed by atoms with Gasteiger partial charge in [0.25, 0.3) is 0 Å². The minimum atomic E-state index is -0.135.